The van der Waals surface area contributed by atoms with E-state index in [9.17, 15) is 4.79 Å². The molecular weight excluding hydrogens is 385 g/mol. The third-order valence-corrected chi connectivity index (χ3v) is 5.12. The second-order valence-corrected chi connectivity index (χ2v) is 7.16. The van der Waals surface area contributed by atoms with E-state index in [4.69, 9.17) is 23.2 Å². The summed E-state index contributed by atoms with van der Waals surface area (Å²) in [6.45, 7) is 0. The first-order chi connectivity index (χ1) is 13.1. The van der Waals surface area contributed by atoms with Gasteiger partial charge < -0.3 is 4.98 Å². The molecule has 3 aromatic rings. The van der Waals surface area contributed by atoms with Gasteiger partial charge in [-0.2, -0.15) is 5.10 Å². The van der Waals surface area contributed by atoms with Crippen molar-refractivity contribution < 1.29 is 4.79 Å². The highest BCUT2D eigenvalue weighted by Crippen LogP contribution is 2.30. The van der Waals surface area contributed by atoms with Gasteiger partial charge in [0.15, 0.2) is 0 Å². The summed E-state index contributed by atoms with van der Waals surface area (Å²) in [4.78, 5) is 15.5. The van der Waals surface area contributed by atoms with Gasteiger partial charge in [-0.15, -0.1) is 0 Å². The van der Waals surface area contributed by atoms with Crippen molar-refractivity contribution >= 4 is 46.2 Å². The smallest absolute Gasteiger partial charge is 0.258 e. The number of aromatic amines is 1. The van der Waals surface area contributed by atoms with Gasteiger partial charge in [0.25, 0.3) is 5.91 Å². The summed E-state index contributed by atoms with van der Waals surface area (Å²) in [5.74, 6) is -0.217. The summed E-state index contributed by atoms with van der Waals surface area (Å²) >= 11 is 12.2. The first-order valence-electron chi connectivity index (χ1n) is 8.47. The normalized spacial score (nSPS) is 19.8. The number of hydrazine groups is 1. The maximum Gasteiger partial charge on any atom is 0.258 e. The molecule has 0 radical (unpaired) electrons. The predicted molar refractivity (Wildman–Crippen MR) is 108 cm³/mol. The number of hydrazone groups is 1. The maximum absolute atomic E-state index is 12.4. The largest absolute Gasteiger partial charge is 0.361 e. The lowest BCUT2D eigenvalue weighted by Gasteiger charge is -2.11. The number of nitrogens with zero attached hydrogens (tertiary/aromatic N) is 1. The molecule has 1 amide bonds. The second-order valence-electron chi connectivity index (χ2n) is 6.32. The topological polar surface area (TPSA) is 81.3 Å². The Morgan fingerprint density at radius 3 is 2.89 bits per heavy atom. The lowest BCUT2D eigenvalue weighted by atomic mass is 10.0. The fourth-order valence-electron chi connectivity index (χ4n) is 3.16. The number of para-hydroxylation sites is 1. The molecule has 2 unspecified atom stereocenters. The van der Waals surface area contributed by atoms with Crippen molar-refractivity contribution in [3.63, 3.8) is 0 Å². The highest BCUT2D eigenvalue weighted by Gasteiger charge is 2.31. The van der Waals surface area contributed by atoms with Gasteiger partial charge in [0.05, 0.1) is 6.21 Å². The van der Waals surface area contributed by atoms with Crippen LogP contribution >= 0.6 is 23.2 Å². The zero-order valence-corrected chi connectivity index (χ0v) is 15.7. The molecule has 2 heterocycles. The Kier molecular flexibility index (Phi) is 5.13. The van der Waals surface area contributed by atoms with Crippen LogP contribution in [-0.4, -0.2) is 23.1 Å². The fraction of sp³-hybridized carbons (Fsp3) is 0.158. The van der Waals surface area contributed by atoms with E-state index in [1.54, 1.807) is 18.3 Å². The number of halogens is 2. The van der Waals surface area contributed by atoms with Crippen LogP contribution in [0.2, 0.25) is 10.0 Å². The van der Waals surface area contributed by atoms with Gasteiger partial charge in [0.1, 0.15) is 6.04 Å². The molecule has 0 spiro atoms. The highest BCUT2D eigenvalue weighted by atomic mass is 35.5. The number of hydrogen-bond donors (Lipinski definition) is 4. The van der Waals surface area contributed by atoms with Crippen LogP contribution in [0, 0.1) is 0 Å². The van der Waals surface area contributed by atoms with E-state index in [1.165, 1.54) is 0 Å². The van der Waals surface area contributed by atoms with Crippen LogP contribution in [-0.2, 0) is 4.79 Å². The Hall–Kier alpha value is -2.38. The molecule has 2 atom stereocenters. The zero-order chi connectivity index (χ0) is 18.8. The maximum atomic E-state index is 12.4. The lowest BCUT2D eigenvalue weighted by molar-refractivity contribution is -0.122. The van der Waals surface area contributed by atoms with Crippen LogP contribution in [0.15, 0.2) is 53.8 Å². The monoisotopic (exact) mass is 401 g/mol. The standard InChI is InChI=1S/C19H17Cl2N5O/c20-12-5-6-14(15(21)7-12)17-8-18(25-24-17)19(27)26-23-10-11-9-22-16-4-2-1-3-13(11)16/h1-7,9-10,17-18,22,24-25H,8H2,(H,26,27)/b23-10+. The lowest BCUT2D eigenvalue weighted by Crippen LogP contribution is -2.41. The second kappa shape index (κ2) is 7.70. The number of amides is 1. The minimum absolute atomic E-state index is 0.0805. The molecule has 6 nitrogen and oxygen atoms in total. The summed E-state index contributed by atoms with van der Waals surface area (Å²) in [5, 5.41) is 6.28. The highest BCUT2D eigenvalue weighted by molar-refractivity contribution is 6.35. The molecule has 1 aromatic heterocycles. The Morgan fingerprint density at radius 2 is 2.04 bits per heavy atom. The number of aromatic nitrogens is 1. The fourth-order valence-corrected chi connectivity index (χ4v) is 3.70. The first-order valence-corrected chi connectivity index (χ1v) is 9.22. The minimum Gasteiger partial charge on any atom is -0.361 e. The van der Waals surface area contributed by atoms with E-state index in [-0.39, 0.29) is 11.9 Å². The molecule has 0 bridgehead atoms. The number of fused-ring (bicyclic) bond motifs is 1. The molecule has 138 valence electrons. The number of rotatable bonds is 4. The van der Waals surface area contributed by atoms with Crippen LogP contribution in [0.5, 0.6) is 0 Å². The molecule has 27 heavy (non-hydrogen) atoms. The SMILES string of the molecule is O=C(N/N=C/c1c[nH]c2ccccc12)C1CC(c2ccc(Cl)cc2Cl)NN1. The van der Waals surface area contributed by atoms with Crippen molar-refractivity contribution in [2.24, 2.45) is 5.10 Å². The quantitative estimate of drug-likeness (QED) is 0.398. The molecular formula is C19H17Cl2N5O. The molecule has 4 N–H and O–H groups in total. The molecule has 1 fully saturated rings. The third kappa shape index (κ3) is 3.84. The molecule has 0 saturated carbocycles. The molecule has 1 aliphatic heterocycles. The van der Waals surface area contributed by atoms with Crippen molar-refractivity contribution in [1.29, 1.82) is 0 Å². The summed E-state index contributed by atoms with van der Waals surface area (Å²) < 4.78 is 0. The molecule has 1 saturated heterocycles. The van der Waals surface area contributed by atoms with Gasteiger partial charge in [0, 0.05) is 38.8 Å². The van der Waals surface area contributed by atoms with E-state index in [1.807, 2.05) is 36.5 Å². The van der Waals surface area contributed by atoms with Crippen molar-refractivity contribution in [2.75, 3.05) is 0 Å². The van der Waals surface area contributed by atoms with Gasteiger partial charge in [0.2, 0.25) is 0 Å². The van der Waals surface area contributed by atoms with Crippen LogP contribution in [0.3, 0.4) is 0 Å². The summed E-state index contributed by atoms with van der Waals surface area (Å²) in [5.41, 5.74) is 11.5. The van der Waals surface area contributed by atoms with Gasteiger partial charge in [-0.3, -0.25) is 4.79 Å². The van der Waals surface area contributed by atoms with Gasteiger partial charge in [-0.1, -0.05) is 47.5 Å². The Balaban J connectivity index is 1.38. The van der Waals surface area contributed by atoms with Gasteiger partial charge >= 0.3 is 0 Å². The minimum atomic E-state index is -0.415. The molecule has 8 heteroatoms. The number of H-pyrrole nitrogens is 1. The average molecular weight is 402 g/mol. The number of hydrogen-bond acceptors (Lipinski definition) is 4. The summed E-state index contributed by atoms with van der Waals surface area (Å²) in [6, 6.07) is 12.7. The number of carbonyl (C=O) groups excluding carboxylic acids is 1. The van der Waals surface area contributed by atoms with Crippen LogP contribution in [0.25, 0.3) is 10.9 Å². The van der Waals surface area contributed by atoms with Crippen molar-refractivity contribution in [3.05, 3.63) is 69.8 Å². The van der Waals surface area contributed by atoms with Crippen LogP contribution in [0.4, 0.5) is 0 Å². The average Bonchev–Trinajstić information content (AvgIpc) is 3.29. The van der Waals surface area contributed by atoms with Gasteiger partial charge in [-0.05, 0) is 30.2 Å². The van der Waals surface area contributed by atoms with E-state index in [0.29, 0.717) is 16.5 Å². The Bertz CT molecular complexity index is 1020. The number of nitrogens with one attached hydrogen (secondary N) is 4. The summed E-state index contributed by atoms with van der Waals surface area (Å²) in [6.07, 6.45) is 4.04. The molecule has 0 aliphatic carbocycles. The zero-order valence-electron chi connectivity index (χ0n) is 14.2. The summed E-state index contributed by atoms with van der Waals surface area (Å²) in [7, 11) is 0. The van der Waals surface area contributed by atoms with Crippen molar-refractivity contribution in [2.45, 2.75) is 18.5 Å². The van der Waals surface area contributed by atoms with Crippen LogP contribution in [0.1, 0.15) is 23.6 Å². The first kappa shape index (κ1) is 18.0. The number of carbonyl (C=O) groups is 1. The Morgan fingerprint density at radius 1 is 1.19 bits per heavy atom. The van der Waals surface area contributed by atoms with Crippen molar-refractivity contribution in [1.82, 2.24) is 21.3 Å². The van der Waals surface area contributed by atoms with E-state index in [2.05, 4.69) is 26.4 Å². The van der Waals surface area contributed by atoms with Gasteiger partial charge in [-0.25, -0.2) is 16.3 Å². The van der Waals surface area contributed by atoms with E-state index < -0.39 is 6.04 Å². The van der Waals surface area contributed by atoms with Crippen molar-refractivity contribution in [3.8, 4) is 0 Å². The molecule has 2 aromatic carbocycles. The van der Waals surface area contributed by atoms with Crippen LogP contribution < -0.4 is 16.3 Å². The van der Waals surface area contributed by atoms with E-state index >= 15 is 0 Å². The predicted octanol–water partition coefficient (Wildman–Crippen LogP) is 3.53. The Labute approximate surface area is 165 Å². The molecule has 4 rings (SSSR count). The number of benzene rings is 2. The van der Waals surface area contributed by atoms with E-state index in [0.717, 1.165) is 22.0 Å². The molecule has 1 aliphatic rings. The third-order valence-electron chi connectivity index (χ3n) is 4.56.